The number of benzene rings is 4. The molecule has 0 fully saturated rings. The zero-order chi connectivity index (χ0) is 35.8. The first-order chi connectivity index (χ1) is 22.6. The van der Waals surface area contributed by atoms with Gasteiger partial charge in [-0.15, -0.1) is 0 Å². The van der Waals surface area contributed by atoms with Gasteiger partial charge in [-0.3, -0.25) is 9.59 Å². The molecular formula is C45H52O4. The number of fused-ring (bicyclic) bond motifs is 2. The molecule has 6 rings (SSSR count). The zero-order valence-corrected chi connectivity index (χ0v) is 31.4. The molecule has 0 amide bonds. The Bertz CT molecular complexity index is 1790. The molecule has 4 heteroatoms. The van der Waals surface area contributed by atoms with E-state index in [0.29, 0.717) is 0 Å². The van der Waals surface area contributed by atoms with E-state index < -0.39 is 11.8 Å². The van der Waals surface area contributed by atoms with Gasteiger partial charge in [0.2, 0.25) is 0 Å². The van der Waals surface area contributed by atoms with Crippen LogP contribution in [0.3, 0.4) is 0 Å². The van der Waals surface area contributed by atoms with Crippen molar-refractivity contribution in [2.45, 2.75) is 123 Å². The van der Waals surface area contributed by atoms with E-state index in [9.17, 15) is 9.59 Å². The van der Waals surface area contributed by atoms with Crippen LogP contribution in [0.25, 0.3) is 0 Å². The Balaban J connectivity index is 1.26. The van der Waals surface area contributed by atoms with Crippen LogP contribution in [-0.2, 0) is 37.7 Å². The predicted octanol–water partition coefficient (Wildman–Crippen LogP) is 10.6. The van der Waals surface area contributed by atoms with Crippen molar-refractivity contribution in [3.05, 3.63) is 128 Å². The fraction of sp³-hybridized carbons (Fsp3) is 0.422. The summed E-state index contributed by atoms with van der Waals surface area (Å²) in [6.07, 6.45) is 0.739. The molecule has 4 aromatic carbocycles. The van der Waals surface area contributed by atoms with Gasteiger partial charge < -0.3 is 9.47 Å². The van der Waals surface area contributed by atoms with Crippen LogP contribution >= 0.6 is 0 Å². The van der Waals surface area contributed by atoms with Gasteiger partial charge in [-0.05, 0) is 61.5 Å². The SMILES string of the molecule is CC(C)(C)c1cc2c(c(C(C)(C)C)c1)OC(=O)C2c1ccc(Cc2ccc(C3C(=O)Oc4c3cc(C(C)(C)C)cc4C(C)(C)C)cc2)cc1. The van der Waals surface area contributed by atoms with Crippen molar-refractivity contribution in [3.8, 4) is 11.5 Å². The van der Waals surface area contributed by atoms with E-state index in [1.54, 1.807) is 0 Å². The molecule has 0 saturated heterocycles. The van der Waals surface area contributed by atoms with E-state index in [1.807, 2.05) is 0 Å². The van der Waals surface area contributed by atoms with Gasteiger partial charge in [-0.25, -0.2) is 0 Å². The van der Waals surface area contributed by atoms with E-state index in [2.05, 4.69) is 156 Å². The van der Waals surface area contributed by atoms with Crippen molar-refractivity contribution in [3.63, 3.8) is 0 Å². The maximum absolute atomic E-state index is 13.4. The predicted molar refractivity (Wildman–Crippen MR) is 198 cm³/mol. The number of carbonyl (C=O) groups excluding carboxylic acids is 2. The molecule has 2 aliphatic heterocycles. The third-order valence-corrected chi connectivity index (χ3v) is 10.1. The summed E-state index contributed by atoms with van der Waals surface area (Å²) in [6, 6.07) is 25.5. The number of ether oxygens (including phenoxy) is 2. The number of hydrogen-bond donors (Lipinski definition) is 0. The summed E-state index contributed by atoms with van der Waals surface area (Å²) in [5.74, 6) is 0.115. The molecule has 0 saturated carbocycles. The quantitative estimate of drug-likeness (QED) is 0.162. The van der Waals surface area contributed by atoms with Crippen LogP contribution in [0, 0.1) is 0 Å². The highest BCUT2D eigenvalue weighted by Crippen LogP contribution is 2.49. The maximum atomic E-state index is 13.4. The topological polar surface area (TPSA) is 52.6 Å². The lowest BCUT2D eigenvalue weighted by molar-refractivity contribution is -0.134. The molecule has 256 valence electrons. The highest BCUT2D eigenvalue weighted by atomic mass is 16.5. The minimum absolute atomic E-state index is 0.0587. The van der Waals surface area contributed by atoms with Crippen molar-refractivity contribution < 1.29 is 19.1 Å². The van der Waals surface area contributed by atoms with Crippen molar-refractivity contribution in [2.24, 2.45) is 0 Å². The van der Waals surface area contributed by atoms with Gasteiger partial charge in [0.05, 0.1) is 0 Å². The number of rotatable bonds is 4. The van der Waals surface area contributed by atoms with E-state index >= 15 is 0 Å². The van der Waals surface area contributed by atoms with Crippen LogP contribution in [0.15, 0.2) is 72.8 Å². The third kappa shape index (κ3) is 6.59. The first kappa shape index (κ1) is 34.7. The number of esters is 2. The number of hydrogen-bond acceptors (Lipinski definition) is 4. The largest absolute Gasteiger partial charge is 0.425 e. The lowest BCUT2D eigenvalue weighted by atomic mass is 9.77. The smallest absolute Gasteiger partial charge is 0.323 e. The van der Waals surface area contributed by atoms with Gasteiger partial charge >= 0.3 is 11.9 Å². The molecule has 0 bridgehead atoms. The van der Waals surface area contributed by atoms with Crippen molar-refractivity contribution in [1.29, 1.82) is 0 Å². The van der Waals surface area contributed by atoms with Gasteiger partial charge in [0, 0.05) is 22.3 Å². The van der Waals surface area contributed by atoms with Crippen LogP contribution in [0.1, 0.15) is 151 Å². The summed E-state index contributed by atoms with van der Waals surface area (Å²) in [7, 11) is 0. The van der Waals surface area contributed by atoms with Crippen molar-refractivity contribution in [1.82, 2.24) is 0 Å². The van der Waals surface area contributed by atoms with Crippen LogP contribution in [0.5, 0.6) is 11.5 Å². The summed E-state index contributed by atoms with van der Waals surface area (Å²) in [4.78, 5) is 26.7. The van der Waals surface area contributed by atoms with Crippen molar-refractivity contribution >= 4 is 11.9 Å². The summed E-state index contributed by atoms with van der Waals surface area (Å²) < 4.78 is 12.0. The summed E-state index contributed by atoms with van der Waals surface area (Å²) in [6.45, 7) is 26.3. The molecule has 0 aliphatic carbocycles. The molecule has 2 aliphatic rings. The molecular weight excluding hydrogens is 604 g/mol. The van der Waals surface area contributed by atoms with Gasteiger partial charge in [0.15, 0.2) is 0 Å². The molecule has 4 aromatic rings. The average molecular weight is 657 g/mol. The highest BCUT2D eigenvalue weighted by Gasteiger charge is 2.41. The molecule has 0 N–H and O–H groups in total. The molecule has 49 heavy (non-hydrogen) atoms. The number of carbonyl (C=O) groups is 2. The molecule has 4 nitrogen and oxygen atoms in total. The monoisotopic (exact) mass is 656 g/mol. The molecule has 2 heterocycles. The Labute approximate surface area is 293 Å². The third-order valence-electron chi connectivity index (χ3n) is 10.1. The second-order valence-corrected chi connectivity index (χ2v) is 18.3. The van der Waals surface area contributed by atoms with E-state index in [0.717, 1.165) is 62.4 Å². The fourth-order valence-electron chi connectivity index (χ4n) is 7.04. The maximum Gasteiger partial charge on any atom is 0.323 e. The lowest BCUT2D eigenvalue weighted by Crippen LogP contribution is -2.17. The second kappa shape index (κ2) is 11.7. The Morgan fingerprint density at radius 1 is 0.469 bits per heavy atom. The minimum atomic E-state index is -0.446. The normalized spacial score (nSPS) is 17.9. The Kier molecular flexibility index (Phi) is 8.29. The van der Waals surface area contributed by atoms with Gasteiger partial charge in [0.25, 0.3) is 0 Å². The van der Waals surface area contributed by atoms with Crippen LogP contribution < -0.4 is 9.47 Å². The first-order valence-electron chi connectivity index (χ1n) is 17.6. The Hall–Kier alpha value is -4.18. The minimum Gasteiger partial charge on any atom is -0.425 e. The zero-order valence-electron chi connectivity index (χ0n) is 31.4. The van der Waals surface area contributed by atoms with Gasteiger partial charge in [-0.2, -0.15) is 0 Å². The van der Waals surface area contributed by atoms with Crippen LogP contribution in [0.2, 0.25) is 0 Å². The van der Waals surface area contributed by atoms with Crippen LogP contribution in [-0.4, -0.2) is 11.9 Å². The average Bonchev–Trinajstić information content (AvgIpc) is 3.50. The van der Waals surface area contributed by atoms with Gasteiger partial charge in [-0.1, -0.05) is 156 Å². The summed E-state index contributed by atoms with van der Waals surface area (Å²) in [5.41, 5.74) is 10.2. The van der Waals surface area contributed by atoms with E-state index in [-0.39, 0.29) is 33.6 Å². The Morgan fingerprint density at radius 3 is 1.08 bits per heavy atom. The summed E-state index contributed by atoms with van der Waals surface area (Å²) >= 11 is 0. The van der Waals surface area contributed by atoms with Gasteiger partial charge in [0.1, 0.15) is 23.3 Å². The standard InChI is InChI=1S/C45H52O4/c1-42(2,3)30-22-32-36(40(46)48-38(32)34(24-30)44(7,8)9)28-17-13-26(14-18-28)21-27-15-19-29(20-16-27)37-33-23-31(43(4,5)6)25-35(45(10,11)12)39(33)49-41(37)47/h13-20,22-25,36-37H,21H2,1-12H3. The van der Waals surface area contributed by atoms with E-state index in [4.69, 9.17) is 9.47 Å². The fourth-order valence-corrected chi connectivity index (χ4v) is 7.04. The van der Waals surface area contributed by atoms with Crippen LogP contribution in [0.4, 0.5) is 0 Å². The first-order valence-corrected chi connectivity index (χ1v) is 17.6. The van der Waals surface area contributed by atoms with Crippen molar-refractivity contribution in [2.75, 3.05) is 0 Å². The summed E-state index contributed by atoms with van der Waals surface area (Å²) in [5, 5.41) is 0. The molecule has 0 aromatic heterocycles. The highest BCUT2D eigenvalue weighted by molar-refractivity contribution is 5.91. The Morgan fingerprint density at radius 2 is 0.796 bits per heavy atom. The molecule has 2 atom stereocenters. The van der Waals surface area contributed by atoms with E-state index in [1.165, 1.54) is 11.1 Å². The lowest BCUT2D eigenvalue weighted by Gasteiger charge is -2.27. The molecule has 0 spiro atoms. The molecule has 0 radical (unpaired) electrons. The second-order valence-electron chi connectivity index (χ2n) is 18.3. The molecule has 2 unspecified atom stereocenters.